The van der Waals surface area contributed by atoms with Crippen molar-refractivity contribution >= 4 is 23.7 Å². The number of ketones is 1. The molecule has 3 fully saturated rings. The van der Waals surface area contributed by atoms with Crippen LogP contribution in [0.25, 0.3) is 11.4 Å². The highest BCUT2D eigenvalue weighted by molar-refractivity contribution is 6.07. The molecule has 66 heavy (non-hydrogen) atoms. The monoisotopic (exact) mass is 927 g/mol. The number of hydrogen-bond donors (Lipinski definition) is 3. The molecule has 0 bridgehead atoms. The van der Waals surface area contributed by atoms with Gasteiger partial charge in [-0.05, 0) is 105 Å². The lowest BCUT2D eigenvalue weighted by atomic mass is 9.78. The number of ether oxygens (including phenoxy) is 5. The summed E-state index contributed by atoms with van der Waals surface area (Å²) in [6.45, 7) is 12.1. The number of aryl methyl sites for hydroxylation is 1. The van der Waals surface area contributed by atoms with Crippen molar-refractivity contribution in [1.82, 2.24) is 44.6 Å². The number of alkyl halides is 1. The van der Waals surface area contributed by atoms with Gasteiger partial charge in [0.15, 0.2) is 18.2 Å². The van der Waals surface area contributed by atoms with Gasteiger partial charge in [0.2, 0.25) is 0 Å². The van der Waals surface area contributed by atoms with E-state index in [1.165, 1.54) is 31.2 Å². The van der Waals surface area contributed by atoms with Crippen molar-refractivity contribution in [3.63, 3.8) is 0 Å². The van der Waals surface area contributed by atoms with Crippen LogP contribution in [0.3, 0.4) is 0 Å². The summed E-state index contributed by atoms with van der Waals surface area (Å²) in [4.78, 5) is 68.9. The second-order valence-corrected chi connectivity index (χ2v) is 18.7. The van der Waals surface area contributed by atoms with Gasteiger partial charge in [-0.15, -0.1) is 5.10 Å². The summed E-state index contributed by atoms with van der Waals surface area (Å²) in [7, 11) is 5.12. The maximum absolute atomic E-state index is 17.4. The molecule has 0 radical (unpaired) electrons. The average Bonchev–Trinajstić information content (AvgIpc) is 3.87. The molecular formula is C45H67FN10O10. The maximum Gasteiger partial charge on any atom is 0.412 e. The Hall–Kier alpha value is -4.93. The quantitative estimate of drug-likeness (QED) is 0.134. The van der Waals surface area contributed by atoms with E-state index in [1.807, 2.05) is 58.0 Å². The minimum atomic E-state index is -3.31. The van der Waals surface area contributed by atoms with Crippen LogP contribution in [0.5, 0.6) is 0 Å². The molecule has 6 heterocycles. The van der Waals surface area contributed by atoms with Crippen molar-refractivity contribution in [2.24, 2.45) is 11.8 Å². The Bertz CT molecular complexity index is 2210. The van der Waals surface area contributed by atoms with Crippen LogP contribution >= 0.6 is 0 Å². The Morgan fingerprint density at radius 1 is 1.06 bits per heavy atom. The van der Waals surface area contributed by atoms with Gasteiger partial charge < -0.3 is 44.7 Å². The normalized spacial score (nSPS) is 34.9. The minimum absolute atomic E-state index is 0.107. The molecule has 4 N–H and O–H groups in total. The fraction of sp³-hybridized carbons (Fsp3) is 0.689. The van der Waals surface area contributed by atoms with Crippen LogP contribution in [0.1, 0.15) is 80.6 Å². The number of aromatic nitrogens is 6. The predicted octanol–water partition coefficient (Wildman–Crippen LogP) is 2.92. The Labute approximate surface area is 384 Å². The van der Waals surface area contributed by atoms with Crippen molar-refractivity contribution < 1.29 is 47.6 Å². The highest BCUT2D eigenvalue weighted by Crippen LogP contribution is 2.43. The van der Waals surface area contributed by atoms with E-state index in [2.05, 4.69) is 25.6 Å². The number of amides is 1. The number of halogens is 1. The highest BCUT2D eigenvalue weighted by Gasteiger charge is 2.64. The van der Waals surface area contributed by atoms with Gasteiger partial charge in [-0.2, -0.15) is 4.98 Å². The molecule has 3 unspecified atom stereocenters. The van der Waals surface area contributed by atoms with Gasteiger partial charge in [-0.1, -0.05) is 32.1 Å². The van der Waals surface area contributed by atoms with Crippen molar-refractivity contribution in [1.29, 1.82) is 0 Å². The molecule has 21 heteroatoms. The Balaban J connectivity index is 1.38. The van der Waals surface area contributed by atoms with Crippen LogP contribution in [0.4, 0.5) is 15.0 Å². The second-order valence-electron chi connectivity index (χ2n) is 18.7. The minimum Gasteiger partial charge on any atom is -0.453 e. The zero-order valence-corrected chi connectivity index (χ0v) is 39.6. The summed E-state index contributed by atoms with van der Waals surface area (Å²) in [5.74, 6) is -4.51. The third kappa shape index (κ3) is 10.2. The number of nitrogens with one attached hydrogen (secondary N) is 1. The number of rotatable bonds is 12. The molecule has 0 saturated carbocycles. The standard InChI is InChI=1S/C45H67FN10O10/c1-11-33-45(56-21-17-34(47)50-41(56)60)36(55(42(61)66-45)20-15-14-19-54-25-31(51-52-54)30-16-12-13-18-48-30)29(5)49-24-26(2)23-43(6,62-10)38(28(4)37(58)44(7,46)40(59)64-33)65-39-35(57)32(53(8)9)22-27(3)63-39/h12-13,16-18,21,25-29,32-33,35-36,38-39,49,57H,11,14-15,19-20,22-24H2,1-10H3,(H2,47,50,60)/t26-,27-,28-,29-,32?,33-,35?,36-,38-,39+,43-,44?,45-/m1/s1. The number of esters is 1. The number of methoxy groups -OCH3 is 1. The number of carbonyl (C=O) groups excluding carboxylic acids is 3. The molecule has 13 atom stereocenters. The van der Waals surface area contributed by atoms with Crippen LogP contribution in [-0.2, 0) is 45.5 Å². The van der Waals surface area contributed by atoms with E-state index < -0.39 is 83.1 Å². The Morgan fingerprint density at radius 3 is 2.44 bits per heavy atom. The van der Waals surface area contributed by atoms with E-state index in [-0.39, 0.29) is 43.3 Å². The van der Waals surface area contributed by atoms with E-state index in [0.717, 1.165) is 11.5 Å². The molecule has 3 saturated heterocycles. The number of nitrogen functional groups attached to an aromatic ring is 1. The number of nitrogens with two attached hydrogens (primary N) is 1. The number of fused-ring (bicyclic) bond motifs is 1. The van der Waals surface area contributed by atoms with Gasteiger partial charge in [0.05, 0.1) is 29.7 Å². The van der Waals surface area contributed by atoms with E-state index in [1.54, 1.807) is 30.9 Å². The molecule has 6 rings (SSSR count). The first kappa shape index (κ1) is 50.5. The summed E-state index contributed by atoms with van der Waals surface area (Å²) < 4.78 is 51.4. The molecule has 0 aromatic carbocycles. The molecule has 0 aliphatic carbocycles. The molecule has 3 aliphatic heterocycles. The number of unbranched alkanes of at least 4 members (excludes halogenated alkanes) is 1. The number of aliphatic hydroxyl groups is 1. The zero-order valence-electron chi connectivity index (χ0n) is 39.6. The second kappa shape index (κ2) is 20.5. The summed E-state index contributed by atoms with van der Waals surface area (Å²) in [6.07, 6.45) is 0.0118. The molecule has 20 nitrogen and oxygen atoms in total. The number of carbonyl (C=O) groups is 3. The van der Waals surface area contributed by atoms with E-state index in [4.69, 9.17) is 29.4 Å². The first-order valence-corrected chi connectivity index (χ1v) is 22.7. The van der Waals surface area contributed by atoms with Crippen LogP contribution in [0, 0.1) is 11.8 Å². The summed E-state index contributed by atoms with van der Waals surface area (Å²) >= 11 is 0. The largest absolute Gasteiger partial charge is 0.453 e. The smallest absolute Gasteiger partial charge is 0.412 e. The lowest BCUT2D eigenvalue weighted by Crippen LogP contribution is -2.65. The number of hydrogen-bond acceptors (Lipinski definition) is 17. The number of cyclic esters (lactones) is 1. The summed E-state index contributed by atoms with van der Waals surface area (Å²) in [5, 5.41) is 23.5. The lowest BCUT2D eigenvalue weighted by molar-refractivity contribution is -0.295. The van der Waals surface area contributed by atoms with Crippen molar-refractivity contribution in [2.45, 2.75) is 153 Å². The third-order valence-electron chi connectivity index (χ3n) is 13.4. The predicted molar refractivity (Wildman–Crippen MR) is 238 cm³/mol. The van der Waals surface area contributed by atoms with Gasteiger partial charge in [0, 0.05) is 50.6 Å². The van der Waals surface area contributed by atoms with Crippen LogP contribution in [0.15, 0.2) is 47.7 Å². The van der Waals surface area contributed by atoms with Gasteiger partial charge in [0.25, 0.3) is 11.4 Å². The molecule has 364 valence electrons. The number of nitrogens with zero attached hydrogens (tertiary/aromatic N) is 8. The van der Waals surface area contributed by atoms with Crippen molar-refractivity contribution in [3.8, 4) is 11.4 Å². The molecule has 0 spiro atoms. The number of anilines is 1. The topological polar surface area (TPSA) is 241 Å². The number of likely N-dealkylation sites (N-methyl/N-ethyl adjacent to an activating group) is 1. The Morgan fingerprint density at radius 2 is 1.79 bits per heavy atom. The number of pyridine rings is 1. The fourth-order valence-electron chi connectivity index (χ4n) is 9.87. The van der Waals surface area contributed by atoms with Gasteiger partial charge in [-0.3, -0.25) is 23.9 Å². The number of aliphatic hydroxyl groups excluding tert-OH is 1. The van der Waals surface area contributed by atoms with E-state index in [0.29, 0.717) is 43.7 Å². The maximum atomic E-state index is 17.4. The van der Waals surface area contributed by atoms with Gasteiger partial charge in [-0.25, -0.2) is 18.8 Å². The van der Waals surface area contributed by atoms with Crippen LogP contribution in [0.2, 0.25) is 0 Å². The SMILES string of the molecule is CC[C@H]1OC(=O)C(C)(F)C(=O)[C@@H](C)[C@@H](O[C@@H]2O[C@H](C)CC(N(C)C)C2O)[C@](C)(OC)C[C@@H](C)CN[C@H](C)[C@H]2N(CCCCn3cc(-c4ccccn4)nn3)C(=O)O[C@]12n1ccc(N)nc1=O. The van der Waals surface area contributed by atoms with E-state index >= 15 is 4.39 Å². The summed E-state index contributed by atoms with van der Waals surface area (Å²) in [6, 6.07) is 4.69. The first-order valence-electron chi connectivity index (χ1n) is 22.7. The number of Topliss-reactive ketones (excluding diaryl/α,β-unsaturated/α-hetero) is 1. The van der Waals surface area contributed by atoms with E-state index in [9.17, 15) is 24.3 Å². The van der Waals surface area contributed by atoms with Crippen molar-refractivity contribution in [2.75, 3.05) is 40.0 Å². The lowest BCUT2D eigenvalue weighted by Gasteiger charge is -2.47. The molecular weight excluding hydrogens is 860 g/mol. The molecule has 3 aromatic rings. The molecule has 3 aromatic heterocycles. The zero-order chi connectivity index (χ0) is 48.3. The third-order valence-corrected chi connectivity index (χ3v) is 13.4. The van der Waals surface area contributed by atoms with Crippen LogP contribution < -0.4 is 16.7 Å². The first-order chi connectivity index (χ1) is 31.2. The highest BCUT2D eigenvalue weighted by atomic mass is 19.1. The van der Waals surface area contributed by atoms with Crippen LogP contribution in [-0.4, -0.2) is 157 Å². The Kier molecular flexibility index (Phi) is 15.7. The summed E-state index contributed by atoms with van der Waals surface area (Å²) in [5.41, 5.74) is -0.480. The van der Waals surface area contributed by atoms with Gasteiger partial charge in [0.1, 0.15) is 23.7 Å². The average molecular weight is 927 g/mol. The van der Waals surface area contributed by atoms with Gasteiger partial charge >= 0.3 is 17.8 Å². The van der Waals surface area contributed by atoms with Crippen molar-refractivity contribution in [3.05, 3.63) is 53.3 Å². The molecule has 1 amide bonds. The fourth-order valence-corrected chi connectivity index (χ4v) is 9.87. The molecule has 3 aliphatic rings.